The highest BCUT2D eigenvalue weighted by atomic mass is 32.2. The maximum absolute atomic E-state index is 13.3. The minimum atomic E-state index is -3.80. The fourth-order valence-corrected chi connectivity index (χ4v) is 6.37. The van der Waals surface area contributed by atoms with E-state index in [2.05, 4.69) is 15.2 Å². The van der Waals surface area contributed by atoms with Crippen LogP contribution in [0.3, 0.4) is 0 Å². The van der Waals surface area contributed by atoms with Crippen LogP contribution < -0.4 is 4.90 Å². The van der Waals surface area contributed by atoms with E-state index in [4.69, 9.17) is 4.98 Å². The lowest BCUT2D eigenvalue weighted by Crippen LogP contribution is -2.35. The summed E-state index contributed by atoms with van der Waals surface area (Å²) in [6.07, 6.45) is 0. The molecular weight excluding hydrogens is 471 g/mol. The van der Waals surface area contributed by atoms with E-state index >= 15 is 0 Å². The first-order valence-corrected chi connectivity index (χ1v) is 12.7. The molecule has 2 aromatic heterocycles. The van der Waals surface area contributed by atoms with Crippen molar-refractivity contribution in [2.45, 2.75) is 44.2 Å². The normalized spacial score (nSPS) is 17.4. The quantitative estimate of drug-likeness (QED) is 0.451. The van der Waals surface area contributed by atoms with E-state index in [1.165, 1.54) is 16.4 Å². The number of carbonyl (C=O) groups is 1. The van der Waals surface area contributed by atoms with E-state index in [0.29, 0.717) is 29.3 Å². The number of benzene rings is 2. The zero-order valence-electron chi connectivity index (χ0n) is 19.4. The number of aromatic nitrogens is 4. The molecule has 0 fully saturated rings. The molecule has 4 aromatic rings. The molecule has 2 aliphatic heterocycles. The van der Waals surface area contributed by atoms with Gasteiger partial charge in [0.15, 0.2) is 5.82 Å². The van der Waals surface area contributed by atoms with Crippen LogP contribution in [0.1, 0.15) is 37.6 Å². The Balaban J connectivity index is 1.36. The molecule has 0 saturated carbocycles. The number of rotatable bonds is 4. The van der Waals surface area contributed by atoms with Crippen molar-refractivity contribution in [2.24, 2.45) is 0 Å². The largest absolute Gasteiger partial charge is 0.337 e. The topological polar surface area (TPSA) is 115 Å². The number of anilines is 1. The monoisotopic (exact) mass is 494 g/mol. The van der Waals surface area contributed by atoms with Crippen molar-refractivity contribution >= 4 is 32.7 Å². The zero-order chi connectivity index (χ0) is 24.7. The number of nitrogens with one attached hydrogen (secondary N) is 2. The summed E-state index contributed by atoms with van der Waals surface area (Å²) in [6.45, 7) is 6.62. The number of aromatic amines is 2. The van der Waals surface area contributed by atoms with Crippen LogP contribution in [-0.4, -0.2) is 45.3 Å². The van der Waals surface area contributed by atoms with Crippen LogP contribution in [0.25, 0.3) is 22.6 Å². The van der Waals surface area contributed by atoms with Crippen molar-refractivity contribution in [1.29, 1.82) is 0 Å². The van der Waals surface area contributed by atoms with Gasteiger partial charge in [-0.05, 0) is 62.7 Å². The molecule has 0 spiro atoms. The third-order valence-corrected chi connectivity index (χ3v) is 8.76. The number of likely N-dealkylation sites (N-methyl/N-ethyl adjacent to an activating group) is 1. The van der Waals surface area contributed by atoms with E-state index < -0.39 is 21.3 Å². The number of amides is 1. The smallest absolute Gasteiger partial charge is 0.243 e. The molecule has 0 saturated heterocycles. The third kappa shape index (κ3) is 3.08. The van der Waals surface area contributed by atoms with Crippen LogP contribution in [0.2, 0.25) is 0 Å². The summed E-state index contributed by atoms with van der Waals surface area (Å²) in [7, 11) is -3.80. The summed E-state index contributed by atoms with van der Waals surface area (Å²) in [6, 6.07) is 8.68. The second-order valence-electron chi connectivity index (χ2n) is 9.40. The number of H-pyrrole nitrogens is 2. The fourth-order valence-electron chi connectivity index (χ4n) is 4.99. The van der Waals surface area contributed by atoms with Gasteiger partial charge in [-0.15, -0.1) is 0 Å². The molecular formula is C24H23FN6O3S. The first-order chi connectivity index (χ1) is 16.6. The Bertz CT molecular complexity index is 1620. The lowest BCUT2D eigenvalue weighted by Gasteiger charge is -2.18. The van der Waals surface area contributed by atoms with Gasteiger partial charge in [-0.25, -0.2) is 17.8 Å². The number of imidazole rings is 1. The first-order valence-electron chi connectivity index (χ1n) is 11.3. The van der Waals surface area contributed by atoms with Crippen molar-refractivity contribution < 1.29 is 17.6 Å². The lowest BCUT2D eigenvalue weighted by atomic mass is 9.86. The maximum atomic E-state index is 13.3. The number of sulfonamides is 1. The van der Waals surface area contributed by atoms with Gasteiger partial charge in [0.25, 0.3) is 0 Å². The molecule has 9 nitrogen and oxygen atoms in total. The highest BCUT2D eigenvalue weighted by molar-refractivity contribution is 7.89. The molecule has 0 unspecified atom stereocenters. The van der Waals surface area contributed by atoms with Crippen LogP contribution in [0.4, 0.5) is 10.1 Å². The van der Waals surface area contributed by atoms with Crippen molar-refractivity contribution in [3.63, 3.8) is 0 Å². The predicted octanol–water partition coefficient (Wildman–Crippen LogP) is 3.44. The standard InChI is InChI=1S/C24H23FN6O3S/c1-4-31-20-10-18-17(9-16(20)24(2,3)23(31)32)26-22(27-18)21-15-11-30(12-19(15)28-29-21)35(33,34)14-7-5-13(25)6-8-14/h5-10H,4,11-12H2,1-3H3,(H,26,27)(H,28,29). The Hall–Kier alpha value is -3.57. The Morgan fingerprint density at radius 3 is 2.60 bits per heavy atom. The Labute approximate surface area is 201 Å². The van der Waals surface area contributed by atoms with E-state index in [1.54, 1.807) is 4.90 Å². The second-order valence-corrected chi connectivity index (χ2v) is 11.3. The van der Waals surface area contributed by atoms with Crippen LogP contribution in [0, 0.1) is 5.82 Å². The molecule has 2 N–H and O–H groups in total. The average Bonchev–Trinajstić information content (AvgIpc) is 3.55. The number of hydrogen-bond acceptors (Lipinski definition) is 5. The van der Waals surface area contributed by atoms with Gasteiger partial charge in [-0.3, -0.25) is 9.89 Å². The maximum Gasteiger partial charge on any atom is 0.243 e. The molecule has 1 amide bonds. The van der Waals surface area contributed by atoms with Crippen molar-refractivity contribution in [3.8, 4) is 11.5 Å². The van der Waals surface area contributed by atoms with Gasteiger partial charge in [-0.1, -0.05) is 0 Å². The van der Waals surface area contributed by atoms with E-state index in [0.717, 1.165) is 34.5 Å². The number of halogens is 1. The number of hydrogen-bond donors (Lipinski definition) is 2. The molecule has 4 heterocycles. The summed E-state index contributed by atoms with van der Waals surface area (Å²) >= 11 is 0. The highest BCUT2D eigenvalue weighted by Crippen LogP contribution is 2.43. The molecule has 0 aliphatic carbocycles. The van der Waals surface area contributed by atoms with E-state index in [1.807, 2.05) is 32.9 Å². The van der Waals surface area contributed by atoms with Crippen LogP contribution >= 0.6 is 0 Å². The molecule has 2 aliphatic rings. The molecule has 35 heavy (non-hydrogen) atoms. The molecule has 11 heteroatoms. The van der Waals surface area contributed by atoms with Gasteiger partial charge in [0.05, 0.1) is 39.3 Å². The summed E-state index contributed by atoms with van der Waals surface area (Å²) in [4.78, 5) is 22.7. The van der Waals surface area contributed by atoms with Gasteiger partial charge in [0.1, 0.15) is 11.5 Å². The Morgan fingerprint density at radius 1 is 1.14 bits per heavy atom. The van der Waals surface area contributed by atoms with E-state index in [9.17, 15) is 17.6 Å². The molecule has 0 atom stereocenters. The van der Waals surface area contributed by atoms with Crippen LogP contribution in [-0.2, 0) is 33.3 Å². The predicted molar refractivity (Wildman–Crippen MR) is 128 cm³/mol. The molecule has 6 rings (SSSR count). The van der Waals surface area contributed by atoms with E-state index in [-0.39, 0.29) is 23.9 Å². The van der Waals surface area contributed by atoms with Gasteiger partial charge in [0, 0.05) is 18.7 Å². The summed E-state index contributed by atoms with van der Waals surface area (Å²) in [5.41, 5.74) is 4.64. The molecule has 180 valence electrons. The third-order valence-electron chi connectivity index (χ3n) is 6.96. The minimum Gasteiger partial charge on any atom is -0.337 e. The highest BCUT2D eigenvalue weighted by Gasteiger charge is 2.43. The first kappa shape index (κ1) is 21.9. The van der Waals surface area contributed by atoms with Crippen molar-refractivity contribution in [3.05, 3.63) is 59.0 Å². The molecule has 0 bridgehead atoms. The zero-order valence-corrected chi connectivity index (χ0v) is 20.2. The van der Waals surface area contributed by atoms with Crippen molar-refractivity contribution in [1.82, 2.24) is 24.5 Å². The summed E-state index contributed by atoms with van der Waals surface area (Å²) < 4.78 is 40.8. The van der Waals surface area contributed by atoms with Crippen molar-refractivity contribution in [2.75, 3.05) is 11.4 Å². The SMILES string of the molecule is CCN1C(=O)C(C)(C)c2cc3[nH]c(-c4n[nH]c5c4CN(S(=O)(=O)c4ccc(F)cc4)C5)nc3cc21. The van der Waals surface area contributed by atoms with Crippen LogP contribution in [0.5, 0.6) is 0 Å². The van der Waals surface area contributed by atoms with Crippen LogP contribution in [0.15, 0.2) is 41.3 Å². The number of nitrogens with zero attached hydrogens (tertiary/aromatic N) is 4. The van der Waals surface area contributed by atoms with Gasteiger partial charge >= 0.3 is 0 Å². The van der Waals surface area contributed by atoms with Gasteiger partial charge in [0.2, 0.25) is 15.9 Å². The van der Waals surface area contributed by atoms with Gasteiger partial charge in [-0.2, -0.15) is 9.40 Å². The lowest BCUT2D eigenvalue weighted by molar-refractivity contribution is -0.122. The minimum absolute atomic E-state index is 0.0365. The Kier molecular flexibility index (Phi) is 4.52. The molecule has 2 aromatic carbocycles. The Morgan fingerprint density at radius 2 is 1.89 bits per heavy atom. The summed E-state index contributed by atoms with van der Waals surface area (Å²) in [5, 5.41) is 7.34. The summed E-state index contributed by atoms with van der Waals surface area (Å²) in [5.74, 6) is 0.0950. The average molecular weight is 495 g/mol. The number of carbonyl (C=O) groups excluding carboxylic acids is 1. The number of fused-ring (bicyclic) bond motifs is 3. The van der Waals surface area contributed by atoms with Gasteiger partial charge < -0.3 is 9.88 Å². The fraction of sp³-hybridized carbons (Fsp3) is 0.292. The second kappa shape index (κ2) is 7.22. The molecule has 0 radical (unpaired) electrons.